The molecule has 0 bridgehead atoms. The average molecular weight is 386 g/mol. The van der Waals surface area contributed by atoms with Crippen LogP contribution in [0, 0.1) is 0 Å². The summed E-state index contributed by atoms with van der Waals surface area (Å²) in [5, 5.41) is 0.818. The molecule has 0 spiro atoms. The molecule has 1 aromatic heterocycles. The molecule has 0 saturated carbocycles. The summed E-state index contributed by atoms with van der Waals surface area (Å²) in [5.41, 5.74) is 2.81. The highest BCUT2D eigenvalue weighted by Crippen LogP contribution is 2.25. The predicted octanol–water partition coefficient (Wildman–Crippen LogP) is 4.83. The zero-order valence-corrected chi connectivity index (χ0v) is 15.8. The quantitative estimate of drug-likeness (QED) is 0.363. The van der Waals surface area contributed by atoms with E-state index in [1.165, 1.54) is 7.11 Å². The lowest BCUT2D eigenvalue weighted by Crippen LogP contribution is -2.03. The van der Waals surface area contributed by atoms with Gasteiger partial charge in [0.25, 0.3) is 0 Å². The second-order valence-corrected chi connectivity index (χ2v) is 6.49. The minimum atomic E-state index is -0.390. The molecule has 5 nitrogen and oxygen atoms in total. The maximum absolute atomic E-state index is 12.4. The lowest BCUT2D eigenvalue weighted by molar-refractivity contribution is 0.0600. The molecule has 144 valence electrons. The van der Waals surface area contributed by atoms with Gasteiger partial charge in [0.15, 0.2) is 0 Å². The van der Waals surface area contributed by atoms with Gasteiger partial charge < -0.3 is 13.9 Å². The summed E-state index contributed by atoms with van der Waals surface area (Å²) in [6.07, 6.45) is 0. The van der Waals surface area contributed by atoms with Gasteiger partial charge >= 0.3 is 11.6 Å². The van der Waals surface area contributed by atoms with Crippen molar-refractivity contribution in [3.63, 3.8) is 0 Å². The first kappa shape index (κ1) is 18.5. The molecule has 0 fully saturated rings. The van der Waals surface area contributed by atoms with Crippen LogP contribution in [-0.4, -0.2) is 13.1 Å². The van der Waals surface area contributed by atoms with Crippen molar-refractivity contribution in [1.82, 2.24) is 0 Å². The first-order valence-electron chi connectivity index (χ1n) is 9.07. The minimum absolute atomic E-state index is 0.319. The highest BCUT2D eigenvalue weighted by Gasteiger charge is 2.09. The zero-order chi connectivity index (χ0) is 20.2. The third-order valence-corrected chi connectivity index (χ3v) is 4.57. The molecular formula is C24H18O5. The number of carbonyl (C=O) groups excluding carboxylic acids is 1. The number of benzene rings is 3. The summed E-state index contributed by atoms with van der Waals surface area (Å²) in [6.45, 7) is 0.319. The Morgan fingerprint density at radius 2 is 1.69 bits per heavy atom. The molecule has 0 amide bonds. The maximum Gasteiger partial charge on any atom is 0.344 e. The zero-order valence-electron chi connectivity index (χ0n) is 15.8. The standard InChI is InChI=1S/C24H18O5/c1-27-23(25)18-9-7-16(8-10-18)15-28-20-12-11-19-13-21(17-5-3-2-4-6-17)24(26)29-22(19)14-20/h2-14H,15H2,1H3. The SMILES string of the molecule is COC(=O)c1ccc(COc2ccc3cc(-c4ccccc4)c(=O)oc3c2)cc1. The highest BCUT2D eigenvalue weighted by molar-refractivity contribution is 5.89. The van der Waals surface area contributed by atoms with Crippen molar-refractivity contribution < 1.29 is 18.7 Å². The van der Waals surface area contributed by atoms with E-state index >= 15 is 0 Å². The molecule has 1 heterocycles. The molecule has 0 radical (unpaired) electrons. The second-order valence-electron chi connectivity index (χ2n) is 6.49. The number of methoxy groups -OCH3 is 1. The first-order chi connectivity index (χ1) is 14.1. The molecule has 4 aromatic rings. The van der Waals surface area contributed by atoms with Crippen molar-refractivity contribution in [2.45, 2.75) is 6.61 Å². The van der Waals surface area contributed by atoms with Gasteiger partial charge in [0.05, 0.1) is 18.2 Å². The van der Waals surface area contributed by atoms with E-state index in [1.54, 1.807) is 30.3 Å². The Morgan fingerprint density at radius 1 is 0.931 bits per heavy atom. The Hall–Kier alpha value is -3.86. The van der Waals surface area contributed by atoms with Crippen LogP contribution in [0.1, 0.15) is 15.9 Å². The molecule has 0 aliphatic heterocycles. The van der Waals surface area contributed by atoms with Crippen LogP contribution < -0.4 is 10.4 Å². The smallest absolute Gasteiger partial charge is 0.344 e. The van der Waals surface area contributed by atoms with Crippen LogP contribution in [0.15, 0.2) is 88.1 Å². The van der Waals surface area contributed by atoms with Gasteiger partial charge in [-0.15, -0.1) is 0 Å². The number of hydrogen-bond donors (Lipinski definition) is 0. The largest absolute Gasteiger partial charge is 0.489 e. The van der Waals surface area contributed by atoms with E-state index in [1.807, 2.05) is 48.5 Å². The average Bonchev–Trinajstić information content (AvgIpc) is 2.77. The second kappa shape index (κ2) is 8.02. The summed E-state index contributed by atoms with van der Waals surface area (Å²) < 4.78 is 16.0. The third kappa shape index (κ3) is 4.04. The highest BCUT2D eigenvalue weighted by atomic mass is 16.5. The van der Waals surface area contributed by atoms with Gasteiger partial charge in [0.2, 0.25) is 0 Å². The number of esters is 1. The number of carbonyl (C=O) groups is 1. The number of fused-ring (bicyclic) bond motifs is 1. The molecule has 0 N–H and O–H groups in total. The lowest BCUT2D eigenvalue weighted by atomic mass is 10.1. The van der Waals surface area contributed by atoms with E-state index in [-0.39, 0.29) is 11.6 Å². The van der Waals surface area contributed by atoms with E-state index in [9.17, 15) is 9.59 Å². The van der Waals surface area contributed by atoms with Gasteiger partial charge in [-0.2, -0.15) is 0 Å². The minimum Gasteiger partial charge on any atom is -0.489 e. The Labute approximate surface area is 167 Å². The fourth-order valence-corrected chi connectivity index (χ4v) is 3.02. The first-order valence-corrected chi connectivity index (χ1v) is 9.07. The van der Waals surface area contributed by atoms with E-state index < -0.39 is 0 Å². The molecule has 0 unspecified atom stereocenters. The van der Waals surface area contributed by atoms with Gasteiger partial charge in [0, 0.05) is 11.5 Å². The number of rotatable bonds is 5. The van der Waals surface area contributed by atoms with Gasteiger partial charge in [-0.1, -0.05) is 42.5 Å². The van der Waals surface area contributed by atoms with E-state index in [4.69, 9.17) is 9.15 Å². The molecule has 0 aliphatic carbocycles. The molecule has 29 heavy (non-hydrogen) atoms. The molecular weight excluding hydrogens is 368 g/mol. The summed E-state index contributed by atoms with van der Waals surface area (Å²) in [7, 11) is 1.35. The Kier molecular flexibility index (Phi) is 5.12. The number of ether oxygens (including phenoxy) is 2. The van der Waals surface area contributed by atoms with Gasteiger partial charge in [-0.3, -0.25) is 0 Å². The molecule has 5 heteroatoms. The van der Waals surface area contributed by atoms with Crippen molar-refractivity contribution >= 4 is 16.9 Å². The van der Waals surface area contributed by atoms with E-state index in [0.717, 1.165) is 16.5 Å². The molecule has 0 saturated heterocycles. The van der Waals surface area contributed by atoms with Crippen LogP contribution in [0.2, 0.25) is 0 Å². The molecule has 0 aliphatic rings. The lowest BCUT2D eigenvalue weighted by Gasteiger charge is -2.08. The Balaban J connectivity index is 1.53. The fourth-order valence-electron chi connectivity index (χ4n) is 3.02. The van der Waals surface area contributed by atoms with Crippen LogP contribution in [0.3, 0.4) is 0 Å². The monoisotopic (exact) mass is 386 g/mol. The van der Waals surface area contributed by atoms with Crippen LogP contribution in [0.25, 0.3) is 22.1 Å². The van der Waals surface area contributed by atoms with Crippen molar-refractivity contribution in [3.05, 3.63) is 100 Å². The maximum atomic E-state index is 12.4. The molecule has 0 atom stereocenters. The summed E-state index contributed by atoms with van der Waals surface area (Å²) >= 11 is 0. The third-order valence-electron chi connectivity index (χ3n) is 4.57. The normalized spacial score (nSPS) is 10.7. The molecule has 4 rings (SSSR count). The fraction of sp³-hybridized carbons (Fsp3) is 0.0833. The topological polar surface area (TPSA) is 65.7 Å². The Morgan fingerprint density at radius 3 is 2.41 bits per heavy atom. The number of hydrogen-bond acceptors (Lipinski definition) is 5. The van der Waals surface area contributed by atoms with Crippen molar-refractivity contribution in [2.24, 2.45) is 0 Å². The van der Waals surface area contributed by atoms with E-state index in [0.29, 0.717) is 29.1 Å². The van der Waals surface area contributed by atoms with Gasteiger partial charge in [0.1, 0.15) is 17.9 Å². The summed E-state index contributed by atoms with van der Waals surface area (Å²) in [5.74, 6) is 0.210. The van der Waals surface area contributed by atoms with E-state index in [2.05, 4.69) is 4.74 Å². The van der Waals surface area contributed by atoms with Crippen molar-refractivity contribution in [2.75, 3.05) is 7.11 Å². The van der Waals surface area contributed by atoms with Gasteiger partial charge in [-0.05, 0) is 41.5 Å². The van der Waals surface area contributed by atoms with Crippen molar-refractivity contribution in [3.8, 4) is 16.9 Å². The Bertz CT molecular complexity index is 1210. The van der Waals surface area contributed by atoms with Crippen LogP contribution in [0.5, 0.6) is 5.75 Å². The molecule has 3 aromatic carbocycles. The van der Waals surface area contributed by atoms with Crippen LogP contribution in [0.4, 0.5) is 0 Å². The predicted molar refractivity (Wildman–Crippen MR) is 110 cm³/mol. The van der Waals surface area contributed by atoms with Crippen LogP contribution in [-0.2, 0) is 11.3 Å². The van der Waals surface area contributed by atoms with Crippen molar-refractivity contribution in [1.29, 1.82) is 0 Å². The van der Waals surface area contributed by atoms with Crippen LogP contribution >= 0.6 is 0 Å². The van der Waals surface area contributed by atoms with Gasteiger partial charge in [-0.25, -0.2) is 9.59 Å². The summed E-state index contributed by atoms with van der Waals surface area (Å²) in [4.78, 5) is 23.9. The summed E-state index contributed by atoms with van der Waals surface area (Å²) in [6, 6.07) is 23.6.